The van der Waals surface area contributed by atoms with Crippen molar-refractivity contribution in [3.63, 3.8) is 0 Å². The monoisotopic (exact) mass is 346 g/mol. The quantitative estimate of drug-likeness (QED) is 0.557. The van der Waals surface area contributed by atoms with E-state index in [0.717, 1.165) is 5.56 Å². The summed E-state index contributed by atoms with van der Waals surface area (Å²) in [6.45, 7) is 3.02. The Morgan fingerprint density at radius 3 is 2.85 bits per heavy atom. The van der Waals surface area contributed by atoms with Crippen molar-refractivity contribution in [2.75, 3.05) is 20.3 Å². The Bertz CT molecular complexity index is 466. The lowest BCUT2D eigenvalue weighted by molar-refractivity contribution is -0.385. The molecule has 0 heterocycles. The zero-order valence-corrected chi connectivity index (χ0v) is 13.1. The van der Waals surface area contributed by atoms with Gasteiger partial charge in [0, 0.05) is 39.3 Å². The topological polar surface area (TPSA) is 84.6 Å². The third kappa shape index (κ3) is 5.16. The molecule has 112 valence electrons. The third-order valence-corrected chi connectivity index (χ3v) is 3.84. The van der Waals surface area contributed by atoms with Gasteiger partial charge in [0.05, 0.1) is 15.0 Å². The zero-order chi connectivity index (χ0) is 15.2. The molecule has 0 radical (unpaired) electrons. The Morgan fingerprint density at radius 2 is 2.25 bits per heavy atom. The Kier molecular flexibility index (Phi) is 6.54. The van der Waals surface area contributed by atoms with E-state index < -0.39 is 10.5 Å². The van der Waals surface area contributed by atoms with Crippen LogP contribution in [0.25, 0.3) is 0 Å². The number of ether oxygens (including phenoxy) is 1. The molecule has 0 aromatic heterocycles. The first-order valence-corrected chi connectivity index (χ1v) is 7.00. The van der Waals surface area contributed by atoms with E-state index in [1.807, 2.05) is 0 Å². The number of nitrogens with zero attached hydrogens (tertiary/aromatic N) is 1. The van der Waals surface area contributed by atoms with Crippen molar-refractivity contribution in [1.29, 1.82) is 0 Å². The summed E-state index contributed by atoms with van der Waals surface area (Å²) in [5.74, 6) is 0. The second kappa shape index (κ2) is 7.68. The van der Waals surface area contributed by atoms with Gasteiger partial charge in [-0.25, -0.2) is 0 Å². The molecule has 1 aromatic rings. The Labute approximate surface area is 126 Å². The van der Waals surface area contributed by atoms with Crippen LogP contribution in [-0.2, 0) is 11.3 Å². The number of rotatable bonds is 8. The summed E-state index contributed by atoms with van der Waals surface area (Å²) in [6, 6.07) is 4.89. The molecule has 6 nitrogen and oxygen atoms in total. The minimum atomic E-state index is -0.872. The lowest BCUT2D eigenvalue weighted by Crippen LogP contribution is -2.38. The van der Waals surface area contributed by atoms with E-state index in [4.69, 9.17) is 4.74 Å². The Morgan fingerprint density at radius 1 is 1.55 bits per heavy atom. The van der Waals surface area contributed by atoms with Crippen LogP contribution in [0, 0.1) is 10.1 Å². The highest BCUT2D eigenvalue weighted by atomic mass is 79.9. The normalized spacial score (nSPS) is 14.0. The van der Waals surface area contributed by atoms with Gasteiger partial charge in [-0.1, -0.05) is 12.1 Å². The van der Waals surface area contributed by atoms with E-state index in [0.29, 0.717) is 30.6 Å². The summed E-state index contributed by atoms with van der Waals surface area (Å²) in [6.07, 6.45) is 0.520. The van der Waals surface area contributed by atoms with Crippen LogP contribution in [0.1, 0.15) is 18.9 Å². The summed E-state index contributed by atoms with van der Waals surface area (Å²) in [5, 5.41) is 24.0. The first kappa shape index (κ1) is 17.0. The summed E-state index contributed by atoms with van der Waals surface area (Å²) in [5.41, 5.74) is -0.0550. The fourth-order valence-electron chi connectivity index (χ4n) is 1.72. The van der Waals surface area contributed by atoms with Crippen molar-refractivity contribution in [3.8, 4) is 0 Å². The maximum Gasteiger partial charge on any atom is 0.283 e. The van der Waals surface area contributed by atoms with Crippen molar-refractivity contribution in [1.82, 2.24) is 5.32 Å². The van der Waals surface area contributed by atoms with Gasteiger partial charge in [0.25, 0.3) is 5.69 Å². The maximum absolute atomic E-state index is 10.8. The molecule has 20 heavy (non-hydrogen) atoms. The molecule has 0 fully saturated rings. The minimum absolute atomic E-state index is 0.0374. The highest BCUT2D eigenvalue weighted by molar-refractivity contribution is 9.10. The molecule has 7 heteroatoms. The smallest absolute Gasteiger partial charge is 0.283 e. The predicted molar refractivity (Wildman–Crippen MR) is 79.6 cm³/mol. The minimum Gasteiger partial charge on any atom is -0.389 e. The number of nitrogens with one attached hydrogen (secondary N) is 1. The molecule has 0 aliphatic carbocycles. The summed E-state index contributed by atoms with van der Waals surface area (Å²) >= 11 is 3.24. The summed E-state index contributed by atoms with van der Waals surface area (Å²) in [7, 11) is 1.59. The van der Waals surface area contributed by atoms with Crippen molar-refractivity contribution in [2.24, 2.45) is 0 Å². The van der Waals surface area contributed by atoms with E-state index in [2.05, 4.69) is 21.2 Å². The van der Waals surface area contributed by atoms with Gasteiger partial charge < -0.3 is 15.2 Å². The standard InChI is InChI=1S/C13H19BrN2O4/c1-13(17,6-7-20-2)9-15-8-10-4-3-5-11(12(10)14)16(18)19/h3-5,15,17H,6-9H2,1-2H3. The lowest BCUT2D eigenvalue weighted by Gasteiger charge is -2.23. The number of methoxy groups -OCH3 is 1. The highest BCUT2D eigenvalue weighted by Crippen LogP contribution is 2.28. The van der Waals surface area contributed by atoms with Crippen LogP contribution in [0.4, 0.5) is 5.69 Å². The molecule has 0 saturated heterocycles. The number of nitro groups is 1. The first-order chi connectivity index (χ1) is 9.37. The first-order valence-electron chi connectivity index (χ1n) is 6.21. The van der Waals surface area contributed by atoms with Crippen LogP contribution in [-0.4, -0.2) is 35.9 Å². The molecule has 0 saturated carbocycles. The molecule has 1 aromatic carbocycles. The van der Waals surface area contributed by atoms with E-state index in [-0.39, 0.29) is 5.69 Å². The Balaban J connectivity index is 2.58. The van der Waals surface area contributed by atoms with Gasteiger partial charge in [-0.3, -0.25) is 10.1 Å². The van der Waals surface area contributed by atoms with Gasteiger partial charge in [0.1, 0.15) is 0 Å². The van der Waals surface area contributed by atoms with Gasteiger partial charge in [-0.2, -0.15) is 0 Å². The fraction of sp³-hybridized carbons (Fsp3) is 0.538. The molecule has 1 atom stereocenters. The third-order valence-electron chi connectivity index (χ3n) is 2.92. The van der Waals surface area contributed by atoms with E-state index in [1.54, 1.807) is 26.2 Å². The average Bonchev–Trinajstić information content (AvgIpc) is 2.38. The van der Waals surface area contributed by atoms with Crippen molar-refractivity contribution < 1.29 is 14.8 Å². The van der Waals surface area contributed by atoms with E-state index >= 15 is 0 Å². The van der Waals surface area contributed by atoms with Gasteiger partial charge in [-0.05, 0) is 28.4 Å². The van der Waals surface area contributed by atoms with E-state index in [9.17, 15) is 15.2 Å². The average molecular weight is 347 g/mol. The zero-order valence-electron chi connectivity index (χ0n) is 11.6. The van der Waals surface area contributed by atoms with Crippen LogP contribution in [0.3, 0.4) is 0 Å². The van der Waals surface area contributed by atoms with Crippen LogP contribution in [0.15, 0.2) is 22.7 Å². The van der Waals surface area contributed by atoms with Gasteiger partial charge >= 0.3 is 0 Å². The fourth-order valence-corrected chi connectivity index (χ4v) is 2.27. The highest BCUT2D eigenvalue weighted by Gasteiger charge is 2.20. The van der Waals surface area contributed by atoms with Crippen molar-refractivity contribution in [3.05, 3.63) is 38.3 Å². The van der Waals surface area contributed by atoms with Gasteiger partial charge in [0.2, 0.25) is 0 Å². The number of hydrogen-bond donors (Lipinski definition) is 2. The predicted octanol–water partition coefficient (Wildman–Crippen LogP) is 2.23. The van der Waals surface area contributed by atoms with Crippen LogP contribution in [0.2, 0.25) is 0 Å². The molecule has 0 aliphatic heterocycles. The number of hydrogen-bond acceptors (Lipinski definition) is 5. The van der Waals surface area contributed by atoms with E-state index in [1.165, 1.54) is 6.07 Å². The second-order valence-corrected chi connectivity index (χ2v) is 5.64. The molecule has 0 spiro atoms. The molecular formula is C13H19BrN2O4. The largest absolute Gasteiger partial charge is 0.389 e. The number of halogens is 1. The summed E-state index contributed by atoms with van der Waals surface area (Å²) in [4.78, 5) is 10.4. The Hall–Kier alpha value is -1.02. The van der Waals surface area contributed by atoms with Crippen molar-refractivity contribution in [2.45, 2.75) is 25.5 Å². The molecular weight excluding hydrogens is 328 g/mol. The van der Waals surface area contributed by atoms with Crippen LogP contribution in [0.5, 0.6) is 0 Å². The lowest BCUT2D eigenvalue weighted by atomic mass is 10.0. The number of aliphatic hydroxyl groups is 1. The van der Waals surface area contributed by atoms with Gasteiger partial charge in [0.15, 0.2) is 0 Å². The molecule has 0 aliphatic rings. The second-order valence-electron chi connectivity index (χ2n) is 4.85. The number of benzene rings is 1. The summed E-state index contributed by atoms with van der Waals surface area (Å²) < 4.78 is 5.40. The molecule has 1 rings (SSSR count). The molecule has 0 amide bonds. The van der Waals surface area contributed by atoms with Crippen molar-refractivity contribution >= 4 is 21.6 Å². The SMILES string of the molecule is COCCC(C)(O)CNCc1cccc([N+](=O)[O-])c1Br. The van der Waals surface area contributed by atoms with Crippen LogP contribution >= 0.6 is 15.9 Å². The molecule has 1 unspecified atom stereocenters. The molecule has 0 bridgehead atoms. The number of nitro benzene ring substituents is 1. The molecule has 2 N–H and O–H groups in total. The van der Waals surface area contributed by atoms with Gasteiger partial charge in [-0.15, -0.1) is 0 Å². The maximum atomic E-state index is 10.8. The van der Waals surface area contributed by atoms with Crippen LogP contribution < -0.4 is 5.32 Å².